The molecular formula is C33H39FO4. The first-order valence-electron chi connectivity index (χ1n) is 14.7. The number of aromatic hydroxyl groups is 1. The van der Waals surface area contributed by atoms with Gasteiger partial charge >= 0.3 is 0 Å². The molecule has 2 aromatic carbocycles. The first-order chi connectivity index (χ1) is 18.4. The van der Waals surface area contributed by atoms with Crippen LogP contribution in [0, 0.1) is 34.4 Å². The van der Waals surface area contributed by atoms with Crippen molar-refractivity contribution >= 4 is 0 Å². The van der Waals surface area contributed by atoms with Gasteiger partial charge in [-0.2, -0.15) is 0 Å². The average molecular weight is 519 g/mol. The molecule has 4 bridgehead atoms. The number of halogens is 1. The van der Waals surface area contributed by atoms with Gasteiger partial charge in [-0.15, -0.1) is 0 Å². The molecule has 0 aromatic heterocycles. The van der Waals surface area contributed by atoms with Crippen molar-refractivity contribution in [1.29, 1.82) is 0 Å². The molecule has 4 nitrogen and oxygen atoms in total. The lowest BCUT2D eigenvalue weighted by Gasteiger charge is -2.75. The maximum absolute atomic E-state index is 13.4. The summed E-state index contributed by atoms with van der Waals surface area (Å²) >= 11 is 0. The van der Waals surface area contributed by atoms with E-state index in [2.05, 4.69) is 13.0 Å². The summed E-state index contributed by atoms with van der Waals surface area (Å²) < 4.78 is 33.3. The number of hydrogen-bond acceptors (Lipinski definition) is 4. The molecule has 7 aliphatic rings. The lowest BCUT2D eigenvalue weighted by atomic mass is 9.29. The quantitative estimate of drug-likeness (QED) is 0.443. The molecule has 2 aromatic rings. The van der Waals surface area contributed by atoms with Gasteiger partial charge in [-0.3, -0.25) is 0 Å². The molecule has 9 rings (SSSR count). The topological polar surface area (TPSA) is 47.9 Å². The van der Waals surface area contributed by atoms with Crippen LogP contribution < -0.4 is 4.74 Å². The SMILES string of the molecule is CO[C@]12CC[C@@]3(C[C@@H]1COCc1ccc(F)cc1)[C@H]1Cc4ccc(O)c5c4[C@@]3(CCC1(C)CC1CC1)[C@H]2O5. The van der Waals surface area contributed by atoms with Crippen LogP contribution in [0.25, 0.3) is 0 Å². The van der Waals surface area contributed by atoms with E-state index in [9.17, 15) is 9.50 Å². The summed E-state index contributed by atoms with van der Waals surface area (Å²) in [7, 11) is 1.86. The Morgan fingerprint density at radius 1 is 1.05 bits per heavy atom. The zero-order valence-corrected chi connectivity index (χ0v) is 22.6. The van der Waals surface area contributed by atoms with Crippen LogP contribution in [0.15, 0.2) is 36.4 Å². The van der Waals surface area contributed by atoms with Gasteiger partial charge in [-0.05, 0) is 96.9 Å². The molecule has 5 fully saturated rings. The minimum Gasteiger partial charge on any atom is -0.504 e. The Balaban J connectivity index is 1.21. The third kappa shape index (κ3) is 2.83. The molecule has 6 aliphatic carbocycles. The van der Waals surface area contributed by atoms with Gasteiger partial charge in [0.05, 0.1) is 13.2 Å². The van der Waals surface area contributed by atoms with E-state index in [1.165, 1.54) is 48.9 Å². The van der Waals surface area contributed by atoms with E-state index in [1.54, 1.807) is 12.1 Å². The van der Waals surface area contributed by atoms with Gasteiger partial charge < -0.3 is 19.3 Å². The summed E-state index contributed by atoms with van der Waals surface area (Å²) in [5.74, 6) is 2.51. The summed E-state index contributed by atoms with van der Waals surface area (Å²) in [6.07, 6.45) is 10.7. The summed E-state index contributed by atoms with van der Waals surface area (Å²) in [5.41, 5.74) is 3.64. The van der Waals surface area contributed by atoms with Crippen LogP contribution >= 0.6 is 0 Å². The first kappa shape index (κ1) is 23.7. The molecule has 1 unspecified atom stereocenters. The number of rotatable bonds is 7. The Morgan fingerprint density at radius 3 is 2.63 bits per heavy atom. The molecule has 7 atom stereocenters. The van der Waals surface area contributed by atoms with Crippen molar-refractivity contribution in [3.8, 4) is 11.5 Å². The Morgan fingerprint density at radius 2 is 1.87 bits per heavy atom. The molecule has 1 N–H and O–H groups in total. The van der Waals surface area contributed by atoms with Crippen LogP contribution in [0.1, 0.15) is 75.0 Å². The largest absolute Gasteiger partial charge is 0.504 e. The summed E-state index contributed by atoms with van der Waals surface area (Å²) in [6, 6.07) is 10.7. The molecule has 5 saturated carbocycles. The summed E-state index contributed by atoms with van der Waals surface area (Å²) in [6.45, 7) is 3.67. The Bertz CT molecular complexity index is 1290. The van der Waals surface area contributed by atoms with Crippen LogP contribution in [0.3, 0.4) is 0 Å². The number of phenols is 1. The minimum absolute atomic E-state index is 0.0932. The third-order valence-corrected chi connectivity index (χ3v) is 12.3. The van der Waals surface area contributed by atoms with Crippen molar-refractivity contribution in [2.45, 2.75) is 88.4 Å². The van der Waals surface area contributed by atoms with Crippen molar-refractivity contribution in [3.05, 3.63) is 58.9 Å². The zero-order chi connectivity index (χ0) is 25.9. The van der Waals surface area contributed by atoms with Crippen LogP contribution in [-0.4, -0.2) is 30.5 Å². The van der Waals surface area contributed by atoms with Crippen molar-refractivity contribution in [1.82, 2.24) is 0 Å². The molecule has 1 heterocycles. The molecule has 0 radical (unpaired) electrons. The lowest BCUT2D eigenvalue weighted by molar-refractivity contribution is -0.294. The minimum atomic E-state index is -0.445. The van der Waals surface area contributed by atoms with Crippen LogP contribution in [0.2, 0.25) is 0 Å². The average Bonchev–Trinajstić information content (AvgIpc) is 3.64. The number of hydrogen-bond donors (Lipinski definition) is 1. The molecule has 2 spiro atoms. The normalized spacial score (nSPS) is 41.6. The van der Waals surface area contributed by atoms with Crippen molar-refractivity contribution < 1.29 is 23.7 Å². The maximum atomic E-state index is 13.4. The second-order valence-electron chi connectivity index (χ2n) is 13.8. The number of methoxy groups -OCH3 is 1. The summed E-state index contributed by atoms with van der Waals surface area (Å²) in [5, 5.41) is 11.0. The van der Waals surface area contributed by atoms with Crippen molar-refractivity contribution in [2.24, 2.45) is 28.6 Å². The van der Waals surface area contributed by atoms with Crippen LogP contribution in [0.5, 0.6) is 11.5 Å². The molecule has 1 aliphatic heterocycles. The Labute approximate surface area is 224 Å². The highest BCUT2D eigenvalue weighted by molar-refractivity contribution is 5.63. The number of fused-ring (bicyclic) bond motifs is 2. The van der Waals surface area contributed by atoms with Gasteiger partial charge in [0.15, 0.2) is 11.5 Å². The third-order valence-electron chi connectivity index (χ3n) is 12.3. The second-order valence-corrected chi connectivity index (χ2v) is 13.8. The predicted octanol–water partition coefficient (Wildman–Crippen LogP) is 6.70. The van der Waals surface area contributed by atoms with E-state index in [0.717, 1.165) is 49.3 Å². The van der Waals surface area contributed by atoms with Gasteiger partial charge in [-0.25, -0.2) is 4.39 Å². The van der Waals surface area contributed by atoms with Gasteiger partial charge in [0, 0.05) is 24.0 Å². The van der Waals surface area contributed by atoms with E-state index in [4.69, 9.17) is 14.2 Å². The first-order valence-corrected chi connectivity index (χ1v) is 14.7. The smallest absolute Gasteiger partial charge is 0.165 e. The van der Waals surface area contributed by atoms with Crippen molar-refractivity contribution in [3.63, 3.8) is 0 Å². The second kappa shape index (κ2) is 7.75. The van der Waals surface area contributed by atoms with E-state index >= 15 is 0 Å². The van der Waals surface area contributed by atoms with Gasteiger partial charge in [-0.1, -0.05) is 38.0 Å². The number of ether oxygens (including phenoxy) is 3. The van der Waals surface area contributed by atoms with E-state index in [-0.39, 0.29) is 34.4 Å². The molecule has 38 heavy (non-hydrogen) atoms. The highest BCUT2D eigenvalue weighted by atomic mass is 19.1. The van der Waals surface area contributed by atoms with Gasteiger partial charge in [0.1, 0.15) is 17.5 Å². The fraction of sp³-hybridized carbons (Fsp3) is 0.636. The number of phenolic OH excluding ortho intramolecular Hbond substituents is 1. The fourth-order valence-electron chi connectivity index (χ4n) is 10.7. The van der Waals surface area contributed by atoms with E-state index in [1.807, 2.05) is 13.2 Å². The van der Waals surface area contributed by atoms with Gasteiger partial charge in [0.2, 0.25) is 0 Å². The number of benzene rings is 2. The van der Waals surface area contributed by atoms with E-state index in [0.29, 0.717) is 24.5 Å². The molecule has 0 saturated heterocycles. The fourth-order valence-corrected chi connectivity index (χ4v) is 10.7. The highest BCUT2D eigenvalue weighted by Crippen LogP contribution is 2.81. The standard InChI is InChI=1S/C33H39FO4/c1-30(16-20-3-4-20)11-13-32-27-22-7-10-25(35)28(27)38-29(32)33(36-2)14-12-31(32,26(30)15-22)17-23(33)19-37-18-21-5-8-24(34)9-6-21/h5-10,20,23,26,29,35H,3-4,11-19H2,1-2H3/t23-,26+,29-,30?,31-,32+,33-/m1/s1. The molecule has 0 amide bonds. The van der Waals surface area contributed by atoms with E-state index < -0.39 is 5.60 Å². The van der Waals surface area contributed by atoms with Gasteiger partial charge in [0.25, 0.3) is 0 Å². The van der Waals surface area contributed by atoms with Crippen LogP contribution in [-0.2, 0) is 27.9 Å². The van der Waals surface area contributed by atoms with Crippen LogP contribution in [0.4, 0.5) is 4.39 Å². The highest BCUT2D eigenvalue weighted by Gasteiger charge is 2.81. The summed E-state index contributed by atoms with van der Waals surface area (Å²) in [4.78, 5) is 0. The molecule has 202 valence electrons. The zero-order valence-electron chi connectivity index (χ0n) is 22.6. The van der Waals surface area contributed by atoms with Crippen molar-refractivity contribution in [2.75, 3.05) is 13.7 Å². The Hall–Kier alpha value is -2.11. The Kier molecular flexibility index (Phi) is 4.85. The monoisotopic (exact) mass is 518 g/mol. The predicted molar refractivity (Wildman–Crippen MR) is 142 cm³/mol. The maximum Gasteiger partial charge on any atom is 0.165 e. The molecular weight excluding hydrogens is 479 g/mol. The molecule has 5 heteroatoms. The lowest BCUT2D eigenvalue weighted by Crippen LogP contribution is -2.79.